The van der Waals surface area contributed by atoms with Crippen molar-refractivity contribution < 1.29 is 22.7 Å². The van der Waals surface area contributed by atoms with Crippen LogP contribution in [-0.4, -0.2) is 19.2 Å². The van der Waals surface area contributed by atoms with Crippen molar-refractivity contribution >= 4 is 12.1 Å². The number of nitrogens with one attached hydrogen (secondary N) is 1. The number of hydrogen-bond acceptors (Lipinski definition) is 3. The third-order valence-electron chi connectivity index (χ3n) is 4.25. The van der Waals surface area contributed by atoms with Gasteiger partial charge in [0.05, 0.1) is 25.3 Å². The Balaban J connectivity index is 2.07. The molecule has 0 fully saturated rings. The first-order chi connectivity index (χ1) is 13.1. The van der Waals surface area contributed by atoms with Gasteiger partial charge >= 0.3 is 6.18 Å². The van der Waals surface area contributed by atoms with Crippen LogP contribution in [0.25, 0.3) is 0 Å². The van der Waals surface area contributed by atoms with E-state index >= 15 is 0 Å². The molecule has 7 heteroatoms. The number of rotatable bonds is 6. The molecule has 0 aromatic heterocycles. The number of methoxy groups -OCH3 is 1. The van der Waals surface area contributed by atoms with Gasteiger partial charge in [-0.3, -0.25) is 4.79 Å². The van der Waals surface area contributed by atoms with E-state index in [1.807, 2.05) is 32.9 Å². The second-order valence-corrected chi connectivity index (χ2v) is 6.77. The Kier molecular flexibility index (Phi) is 6.83. The monoisotopic (exact) mass is 392 g/mol. The molecule has 2 aromatic rings. The molecule has 0 aliphatic carbocycles. The molecule has 28 heavy (non-hydrogen) atoms. The predicted molar refractivity (Wildman–Crippen MR) is 103 cm³/mol. The lowest BCUT2D eigenvalue weighted by molar-refractivity contribution is -0.137. The number of alkyl halides is 3. The Morgan fingerprint density at radius 3 is 2.57 bits per heavy atom. The van der Waals surface area contributed by atoms with Crippen LogP contribution in [0.2, 0.25) is 0 Å². The minimum Gasteiger partial charge on any atom is -0.496 e. The third-order valence-corrected chi connectivity index (χ3v) is 4.25. The molecule has 2 aromatic carbocycles. The van der Waals surface area contributed by atoms with E-state index in [0.29, 0.717) is 0 Å². The summed E-state index contributed by atoms with van der Waals surface area (Å²) in [6.45, 7) is 5.99. The number of hydrogen-bond donors (Lipinski definition) is 1. The van der Waals surface area contributed by atoms with Gasteiger partial charge in [0.1, 0.15) is 5.75 Å². The second kappa shape index (κ2) is 8.91. The number of halogens is 3. The summed E-state index contributed by atoms with van der Waals surface area (Å²) in [5.74, 6) is 0.544. The van der Waals surface area contributed by atoms with E-state index in [1.54, 1.807) is 7.11 Å². The summed E-state index contributed by atoms with van der Waals surface area (Å²) in [7, 11) is 1.61. The van der Waals surface area contributed by atoms with Gasteiger partial charge in [0.25, 0.3) is 0 Å². The van der Waals surface area contributed by atoms with Gasteiger partial charge in [-0.1, -0.05) is 32.0 Å². The van der Waals surface area contributed by atoms with Gasteiger partial charge in [-0.05, 0) is 53.3 Å². The Hall–Kier alpha value is -2.83. The molecule has 0 saturated carbocycles. The van der Waals surface area contributed by atoms with Crippen LogP contribution in [0.5, 0.6) is 5.75 Å². The maximum atomic E-state index is 12.7. The largest absolute Gasteiger partial charge is 0.496 e. The van der Waals surface area contributed by atoms with E-state index in [4.69, 9.17) is 4.74 Å². The van der Waals surface area contributed by atoms with Crippen molar-refractivity contribution in [3.8, 4) is 5.75 Å². The Labute approximate surface area is 162 Å². The smallest absolute Gasteiger partial charge is 0.416 e. The predicted octanol–water partition coefficient (Wildman–Crippen LogP) is 4.84. The number of hydrazone groups is 1. The van der Waals surface area contributed by atoms with Gasteiger partial charge in [-0.15, -0.1) is 0 Å². The fourth-order valence-corrected chi connectivity index (χ4v) is 2.74. The highest BCUT2D eigenvalue weighted by Gasteiger charge is 2.30. The number of amides is 1. The minimum absolute atomic E-state index is 0.194. The second-order valence-electron chi connectivity index (χ2n) is 6.77. The first-order valence-electron chi connectivity index (χ1n) is 8.78. The number of carbonyl (C=O) groups excluding carboxylic acids is 1. The summed E-state index contributed by atoms with van der Waals surface area (Å²) in [6.07, 6.45) is -3.12. The van der Waals surface area contributed by atoms with Crippen molar-refractivity contribution in [1.82, 2.24) is 5.43 Å². The summed E-state index contributed by atoms with van der Waals surface area (Å²) in [6, 6.07) is 8.54. The van der Waals surface area contributed by atoms with E-state index in [0.717, 1.165) is 34.6 Å². The van der Waals surface area contributed by atoms with Crippen molar-refractivity contribution in [3.05, 3.63) is 64.2 Å². The van der Waals surface area contributed by atoms with Gasteiger partial charge in [0.15, 0.2) is 0 Å². The summed E-state index contributed by atoms with van der Waals surface area (Å²) in [5, 5.41) is 3.94. The molecule has 0 aliphatic heterocycles. The zero-order chi connectivity index (χ0) is 20.9. The summed E-state index contributed by atoms with van der Waals surface area (Å²) in [5.41, 5.74) is 4.62. The lowest BCUT2D eigenvalue weighted by atomic mass is 9.97. The third kappa shape index (κ3) is 5.58. The highest BCUT2D eigenvalue weighted by Crippen LogP contribution is 2.30. The van der Waals surface area contributed by atoms with E-state index in [-0.39, 0.29) is 17.9 Å². The highest BCUT2D eigenvalue weighted by molar-refractivity contribution is 5.85. The maximum absolute atomic E-state index is 12.7. The number of benzene rings is 2. The summed E-state index contributed by atoms with van der Waals surface area (Å²) in [4.78, 5) is 12.0. The van der Waals surface area contributed by atoms with Crippen molar-refractivity contribution in [3.63, 3.8) is 0 Å². The van der Waals surface area contributed by atoms with Crippen LogP contribution < -0.4 is 10.2 Å². The first-order valence-corrected chi connectivity index (χ1v) is 8.78. The maximum Gasteiger partial charge on any atom is 0.416 e. The molecule has 0 bridgehead atoms. The van der Waals surface area contributed by atoms with Gasteiger partial charge in [-0.2, -0.15) is 18.3 Å². The SMILES string of the molecule is COc1cc(C)c(C=NNC(=O)Cc2cccc(C(F)(F)F)c2)cc1C(C)C. The highest BCUT2D eigenvalue weighted by atomic mass is 19.4. The topological polar surface area (TPSA) is 50.7 Å². The normalized spacial score (nSPS) is 11.9. The number of aryl methyl sites for hydroxylation is 1. The molecule has 2 rings (SSSR count). The van der Waals surface area contributed by atoms with Gasteiger partial charge in [0.2, 0.25) is 5.91 Å². The molecular weight excluding hydrogens is 369 g/mol. The lowest BCUT2D eigenvalue weighted by Crippen LogP contribution is -2.20. The Morgan fingerprint density at radius 2 is 1.96 bits per heavy atom. The fraction of sp³-hybridized carbons (Fsp3) is 0.333. The number of carbonyl (C=O) groups is 1. The average Bonchev–Trinajstić information content (AvgIpc) is 2.62. The van der Waals surface area contributed by atoms with Crippen molar-refractivity contribution in [2.24, 2.45) is 5.10 Å². The van der Waals surface area contributed by atoms with E-state index in [1.165, 1.54) is 18.3 Å². The average molecular weight is 392 g/mol. The van der Waals surface area contributed by atoms with Gasteiger partial charge in [0, 0.05) is 0 Å². The molecule has 0 atom stereocenters. The van der Waals surface area contributed by atoms with Crippen LogP contribution in [0.1, 0.15) is 47.6 Å². The van der Waals surface area contributed by atoms with E-state index in [9.17, 15) is 18.0 Å². The fourth-order valence-electron chi connectivity index (χ4n) is 2.74. The lowest BCUT2D eigenvalue weighted by Gasteiger charge is -2.14. The quantitative estimate of drug-likeness (QED) is 0.565. The van der Waals surface area contributed by atoms with Crippen molar-refractivity contribution in [1.29, 1.82) is 0 Å². The Bertz CT molecular complexity index is 874. The number of ether oxygens (including phenoxy) is 1. The molecule has 1 amide bonds. The molecule has 150 valence electrons. The van der Waals surface area contributed by atoms with Crippen LogP contribution in [0.4, 0.5) is 13.2 Å². The van der Waals surface area contributed by atoms with Gasteiger partial charge < -0.3 is 4.74 Å². The molecule has 0 heterocycles. The standard InChI is InChI=1S/C21H23F3N2O2/c1-13(2)18-11-16(14(3)8-19(18)28-4)12-25-26-20(27)10-15-6-5-7-17(9-15)21(22,23)24/h5-9,11-13H,10H2,1-4H3,(H,26,27). The zero-order valence-corrected chi connectivity index (χ0v) is 16.2. The summed E-state index contributed by atoms with van der Waals surface area (Å²) >= 11 is 0. The molecular formula is C21H23F3N2O2. The van der Waals surface area contributed by atoms with Gasteiger partial charge in [-0.25, -0.2) is 5.43 Å². The number of nitrogens with zero attached hydrogens (tertiary/aromatic N) is 1. The molecule has 0 spiro atoms. The minimum atomic E-state index is -4.44. The van der Waals surface area contributed by atoms with Crippen LogP contribution in [-0.2, 0) is 17.4 Å². The zero-order valence-electron chi connectivity index (χ0n) is 16.2. The Morgan fingerprint density at radius 1 is 1.25 bits per heavy atom. The molecule has 0 aliphatic rings. The molecule has 0 saturated heterocycles. The van der Waals surface area contributed by atoms with Crippen molar-refractivity contribution in [2.75, 3.05) is 7.11 Å². The van der Waals surface area contributed by atoms with Crippen LogP contribution >= 0.6 is 0 Å². The van der Waals surface area contributed by atoms with E-state index in [2.05, 4.69) is 10.5 Å². The van der Waals surface area contributed by atoms with Crippen LogP contribution in [0, 0.1) is 6.92 Å². The van der Waals surface area contributed by atoms with Crippen LogP contribution in [0.3, 0.4) is 0 Å². The van der Waals surface area contributed by atoms with Crippen molar-refractivity contribution in [2.45, 2.75) is 39.3 Å². The van der Waals surface area contributed by atoms with Crippen LogP contribution in [0.15, 0.2) is 41.5 Å². The first kappa shape index (κ1) is 21.5. The molecule has 1 N–H and O–H groups in total. The molecule has 0 unspecified atom stereocenters. The van der Waals surface area contributed by atoms with E-state index < -0.39 is 17.6 Å². The molecule has 4 nitrogen and oxygen atoms in total. The summed E-state index contributed by atoms with van der Waals surface area (Å²) < 4.78 is 43.6. The molecule has 0 radical (unpaired) electrons.